The molecule has 3 atom stereocenters. The van der Waals surface area contributed by atoms with E-state index in [-0.39, 0.29) is 56.6 Å². The number of rotatable bonds is 24. The number of hydrogen-bond acceptors (Lipinski definition) is 22. The quantitative estimate of drug-likeness (QED) is 0.0158. The van der Waals surface area contributed by atoms with Crippen molar-refractivity contribution in [3.63, 3.8) is 0 Å². The number of aromatic hydroxyl groups is 1. The summed E-state index contributed by atoms with van der Waals surface area (Å²) < 4.78 is 79.1. The van der Waals surface area contributed by atoms with Crippen LogP contribution < -0.4 is 47.9 Å². The SMILES string of the molecule is C1CN[C@@H](CN2CCCC2)C1.CC1(C)OB(c2ccc(C(=O)O)cc2)OC1(C)C.Fc1ccc(CBr)c(C(F)(F)F)c1.Nc1ncc(-c2ccc(C(=O)N3CCC[C@@H]3CN3CCCC3)cc2)cc1O.Nc1ncc(-c2ccc(C(=O)N3CCC[C@@H]3CN3CCCC3)cc2)cc1OCc1ccccc1.Nc1ncc(-c2ccc(C(=O)O)cc2)cc1OCc1ccccc1.Nc1ncc(Br)cc1OCc1ccccc1. The summed E-state index contributed by atoms with van der Waals surface area (Å²) in [5.74, 6) is 0.298. The Morgan fingerprint density at radius 2 is 0.818 bits per heavy atom. The van der Waals surface area contributed by atoms with Crippen LogP contribution in [0.2, 0.25) is 0 Å². The number of hydrogen-bond donors (Lipinski definition) is 8. The summed E-state index contributed by atoms with van der Waals surface area (Å²) in [6.07, 6.45) is 17.3. The molecule has 11 heterocycles. The number of carboxylic acids is 2. The highest BCUT2D eigenvalue weighted by Gasteiger charge is 2.52. The summed E-state index contributed by atoms with van der Waals surface area (Å²) in [6, 6.07) is 69.3. The normalized spacial score (nSPS) is 17.3. The summed E-state index contributed by atoms with van der Waals surface area (Å²) in [6.45, 7) is 22.9. The predicted molar refractivity (Wildman–Crippen MR) is 559 cm³/mol. The fraction of sp³-hybridized carbons (Fsp3) is 0.345. The number of pyridine rings is 4. The molecule has 12 N–H and O–H groups in total. The van der Waals surface area contributed by atoms with Crippen LogP contribution in [0.5, 0.6) is 23.0 Å². The molecule has 26 nitrogen and oxygen atoms in total. The summed E-state index contributed by atoms with van der Waals surface area (Å²) in [4.78, 5) is 76.1. The van der Waals surface area contributed by atoms with Gasteiger partial charge in [0.1, 0.15) is 25.6 Å². The van der Waals surface area contributed by atoms with E-state index in [2.05, 4.69) is 76.7 Å². The minimum atomic E-state index is -4.49. The Kier molecular flexibility index (Phi) is 39.0. The number of carbonyl (C=O) groups is 4. The van der Waals surface area contributed by atoms with E-state index >= 15 is 0 Å². The topological polar surface area (TPSA) is 359 Å². The van der Waals surface area contributed by atoms with Crippen molar-refractivity contribution in [1.82, 2.24) is 49.8 Å². The number of benzene rings is 8. The molecule has 12 aromatic rings. The van der Waals surface area contributed by atoms with Crippen molar-refractivity contribution < 1.29 is 75.6 Å². The maximum absolute atomic E-state index is 13.3. The van der Waals surface area contributed by atoms with Gasteiger partial charge >= 0.3 is 25.2 Å². The first-order valence-corrected chi connectivity index (χ1v) is 50.3. The molecule has 8 aromatic carbocycles. The number of nitrogens with zero attached hydrogens (tertiary/aromatic N) is 9. The first kappa shape index (κ1) is 107. The molecule has 7 aliphatic heterocycles. The van der Waals surface area contributed by atoms with Crippen molar-refractivity contribution >= 4 is 91.5 Å². The molecule has 7 aliphatic rings. The minimum Gasteiger partial charge on any atom is -0.504 e. The highest BCUT2D eigenvalue weighted by atomic mass is 79.9. The van der Waals surface area contributed by atoms with Crippen LogP contribution in [-0.4, -0.2) is 198 Å². The number of alkyl halides is 4. The second-order valence-electron chi connectivity index (χ2n) is 37.1. The van der Waals surface area contributed by atoms with Gasteiger partial charge in [0.25, 0.3) is 11.8 Å². The maximum Gasteiger partial charge on any atom is 0.494 e. The summed E-state index contributed by atoms with van der Waals surface area (Å²) in [5.41, 5.74) is 32.7. The number of nitrogen functional groups attached to an aromatic ring is 4. The second kappa shape index (κ2) is 51.9. The highest BCUT2D eigenvalue weighted by molar-refractivity contribution is 9.10. The van der Waals surface area contributed by atoms with Crippen molar-refractivity contribution in [2.24, 2.45) is 0 Å². The highest BCUT2D eigenvalue weighted by Crippen LogP contribution is 2.39. The summed E-state index contributed by atoms with van der Waals surface area (Å²) in [7, 11) is -0.446. The van der Waals surface area contributed by atoms with Gasteiger partial charge in [-0.1, -0.05) is 162 Å². The fourth-order valence-electron chi connectivity index (χ4n) is 17.6. The van der Waals surface area contributed by atoms with Crippen LogP contribution in [-0.2, 0) is 40.6 Å². The van der Waals surface area contributed by atoms with Crippen molar-refractivity contribution in [2.75, 3.05) is 101 Å². The number of aromatic carboxylic acids is 2. The average Bonchev–Trinajstić information content (AvgIpc) is 1.62. The molecule has 0 unspecified atom stereocenters. The lowest BCUT2D eigenvalue weighted by atomic mass is 9.79. The van der Waals surface area contributed by atoms with Crippen molar-refractivity contribution in [3.05, 3.63) is 316 Å². The molecule has 7 saturated heterocycles. The molecule has 0 spiro atoms. The van der Waals surface area contributed by atoms with Gasteiger partial charge in [0.05, 0.1) is 27.9 Å². The van der Waals surface area contributed by atoms with Gasteiger partial charge in [0.15, 0.2) is 46.3 Å². The molecular formula is C110H125BBr2F4N14O12. The number of anilines is 4. The van der Waals surface area contributed by atoms with Crippen LogP contribution >= 0.6 is 31.9 Å². The maximum atomic E-state index is 13.3. The number of carbonyl (C=O) groups excluding carboxylic acids is 2. The van der Waals surface area contributed by atoms with E-state index in [4.69, 9.17) is 56.7 Å². The zero-order chi connectivity index (χ0) is 102. The Labute approximate surface area is 850 Å². The number of nitrogens with one attached hydrogen (secondary N) is 1. The molecule has 0 bridgehead atoms. The number of nitrogens with two attached hydrogens (primary N) is 4. The molecule has 19 rings (SSSR count). The van der Waals surface area contributed by atoms with Gasteiger partial charge in [0.2, 0.25) is 0 Å². The average molecular weight is 2080 g/mol. The third-order valence-electron chi connectivity index (χ3n) is 26.3. The van der Waals surface area contributed by atoms with Gasteiger partial charge < -0.3 is 91.6 Å². The van der Waals surface area contributed by atoms with E-state index in [9.17, 15) is 41.8 Å². The van der Waals surface area contributed by atoms with Crippen LogP contribution in [0.15, 0.2) is 260 Å². The summed E-state index contributed by atoms with van der Waals surface area (Å²) >= 11 is 6.23. The Bertz CT molecular complexity index is 6090. The van der Waals surface area contributed by atoms with E-state index in [0.29, 0.717) is 78.2 Å². The van der Waals surface area contributed by atoms with Gasteiger partial charge in [0, 0.05) is 113 Å². The van der Waals surface area contributed by atoms with Gasteiger partial charge in [-0.2, -0.15) is 13.2 Å². The van der Waals surface area contributed by atoms with E-state index in [1.807, 2.05) is 184 Å². The Morgan fingerprint density at radius 3 is 1.20 bits per heavy atom. The van der Waals surface area contributed by atoms with Crippen LogP contribution in [0.3, 0.4) is 0 Å². The molecule has 33 heteroatoms. The van der Waals surface area contributed by atoms with E-state index < -0.39 is 36.6 Å². The number of carboxylic acid groups (broad SMARTS) is 2. The van der Waals surface area contributed by atoms with Gasteiger partial charge in [-0.15, -0.1) is 0 Å². The molecule has 4 aromatic heterocycles. The zero-order valence-corrected chi connectivity index (χ0v) is 84.1. The smallest absolute Gasteiger partial charge is 0.494 e. The first-order valence-electron chi connectivity index (χ1n) is 48.3. The van der Waals surface area contributed by atoms with Gasteiger partial charge in [-0.25, -0.2) is 33.9 Å². The lowest BCUT2D eigenvalue weighted by Gasteiger charge is -2.32. The van der Waals surface area contributed by atoms with Crippen molar-refractivity contribution in [1.29, 1.82) is 0 Å². The Morgan fingerprint density at radius 1 is 0.448 bits per heavy atom. The number of likely N-dealkylation sites (tertiary alicyclic amines) is 5. The lowest BCUT2D eigenvalue weighted by molar-refractivity contribution is -0.138. The molecule has 0 saturated carbocycles. The third kappa shape index (κ3) is 31.3. The van der Waals surface area contributed by atoms with Gasteiger partial charge in [-0.3, -0.25) is 9.59 Å². The van der Waals surface area contributed by atoms with Crippen LogP contribution in [0.25, 0.3) is 33.4 Å². The number of aromatic nitrogens is 4. The molecule has 143 heavy (non-hydrogen) atoms. The second-order valence-corrected chi connectivity index (χ2v) is 38.6. The molecule has 2 amide bonds. The van der Waals surface area contributed by atoms with E-state index in [1.54, 1.807) is 85.5 Å². The van der Waals surface area contributed by atoms with Crippen molar-refractivity contribution in [3.8, 4) is 56.4 Å². The molecule has 752 valence electrons. The largest absolute Gasteiger partial charge is 0.504 e. The number of amides is 2. The zero-order valence-electron chi connectivity index (χ0n) is 81.0. The molecular weight excluding hydrogens is 1960 g/mol. The van der Waals surface area contributed by atoms with E-state index in [1.165, 1.54) is 90.6 Å². The molecule has 7 fully saturated rings. The monoisotopic (exact) mass is 2080 g/mol. The van der Waals surface area contributed by atoms with Crippen LogP contribution in [0, 0.1) is 5.82 Å². The molecule has 0 radical (unpaired) electrons. The van der Waals surface area contributed by atoms with Gasteiger partial charge in [-0.05, 0) is 296 Å². The lowest BCUT2D eigenvalue weighted by Crippen LogP contribution is -2.42. The van der Waals surface area contributed by atoms with Crippen molar-refractivity contribution in [2.45, 2.75) is 165 Å². The molecule has 0 aliphatic carbocycles. The third-order valence-corrected chi connectivity index (χ3v) is 27.3. The Hall–Kier alpha value is -12.9. The Balaban J connectivity index is 0.000000144. The number of halogens is 6. The van der Waals surface area contributed by atoms with Crippen LogP contribution in [0.1, 0.15) is 174 Å². The minimum absolute atomic E-state index is 0.0329. The standard InChI is InChI=1S/C28H32N4O2.C21H26N4O2.C19H16N2O3.C13H17BO4.C12H11BrN2O.C9H18N2.C8H5BrF4/c29-27-26(34-20-21-7-2-1-3-8-21)17-24(18-30-27)22-10-12-23(13-11-22)28(33)32-16-6-9-25(32)19-31-14-4-5-15-31;22-20-19(26)12-17(13-23-20)15-5-7-16(8-6-15)21(27)25-11-3-4-18(25)14-24-9-1-2-10-24;20-18-17(24-12-13-4-2-1-3-5-13)10-16(11-21-18)14-6-8-15(9-7-14)19(22)23;1-12(2)13(3,4)18-14(17-12)10-7-5-9(6-8-10)11(15)16;13-10-6-11(12(14)15-7-10)16-8-9-4-2-1-3-5-9;1-2-7-11(6-1)8-9-4-3-5-10-9;9-4-5-1-2-6(10)3-7(5)8(11,12)13/h1-3,7-8,10-13,17-18,25H,4-6,9,14-16,19-20H2,(H2,29,30);5-8,12-13,18,26H,1-4,9-11,14H2,(H2,22,23);1-11H,12H2,(H2,20,21)(H,22,23);5-8H,1-4H3,(H,15,16);1-7H,8H2,(H2,14,15);9-10H,1-8H2;1-3H,4H2/t25-;18-;;;;9-;/m11...1./s1. The van der Waals surface area contributed by atoms with E-state index in [0.717, 1.165) is 149 Å². The van der Waals surface area contributed by atoms with Crippen LogP contribution in [0.4, 0.5) is 40.8 Å². The first-order chi connectivity index (χ1) is 68.8. The predicted octanol–water partition coefficient (Wildman–Crippen LogP) is 20.2. The summed E-state index contributed by atoms with van der Waals surface area (Å²) in [5, 5.41) is 31.1. The number of ether oxygens (including phenoxy) is 3. The fourth-order valence-corrected chi connectivity index (χ4v) is 18.4.